The number of para-hydroxylation sites is 1. The average molecular weight is 290 g/mol. The van der Waals surface area contributed by atoms with E-state index in [0.717, 1.165) is 6.42 Å². The summed E-state index contributed by atoms with van der Waals surface area (Å²) < 4.78 is 5.32. The fraction of sp³-hybridized carbons (Fsp3) is 0.467. The van der Waals surface area contributed by atoms with E-state index in [4.69, 9.17) is 15.9 Å². The van der Waals surface area contributed by atoms with Crippen LogP contribution in [0.3, 0.4) is 0 Å². The zero-order valence-electron chi connectivity index (χ0n) is 12.3. The van der Waals surface area contributed by atoms with Crippen LogP contribution in [-0.4, -0.2) is 53.9 Å². The Morgan fingerprint density at radius 1 is 1.29 bits per heavy atom. The third-order valence-electron chi connectivity index (χ3n) is 3.71. The Labute approximate surface area is 125 Å². The van der Waals surface area contributed by atoms with E-state index in [1.54, 1.807) is 17.0 Å². The van der Waals surface area contributed by atoms with E-state index in [0.29, 0.717) is 31.9 Å². The van der Waals surface area contributed by atoms with Gasteiger partial charge in [0, 0.05) is 26.2 Å². The molecule has 1 heterocycles. The first-order chi connectivity index (χ1) is 10.1. The maximum atomic E-state index is 12.1. The Morgan fingerprint density at radius 3 is 2.43 bits per heavy atom. The minimum absolute atomic E-state index is 0.0303. The van der Waals surface area contributed by atoms with E-state index in [-0.39, 0.29) is 18.0 Å². The number of ether oxygens (including phenoxy) is 1. The molecule has 1 saturated heterocycles. The van der Waals surface area contributed by atoms with Crippen molar-refractivity contribution >= 4 is 11.9 Å². The van der Waals surface area contributed by atoms with Gasteiger partial charge in [-0.05, 0) is 18.6 Å². The number of nitrogens with one attached hydrogen (secondary N) is 1. The summed E-state index contributed by atoms with van der Waals surface area (Å²) in [5.41, 5.74) is 5.61. The van der Waals surface area contributed by atoms with Crippen molar-refractivity contribution in [3.05, 3.63) is 30.3 Å². The Hall–Kier alpha value is -2.08. The molecule has 6 heteroatoms. The van der Waals surface area contributed by atoms with Gasteiger partial charge in [0.25, 0.3) is 0 Å². The molecule has 1 amide bonds. The highest BCUT2D eigenvalue weighted by atomic mass is 16.6. The topological polar surface area (TPSA) is 82.7 Å². The first-order valence-corrected chi connectivity index (χ1v) is 7.21. The normalized spacial score (nSPS) is 17.3. The van der Waals surface area contributed by atoms with E-state index in [9.17, 15) is 4.79 Å². The molecule has 0 spiro atoms. The Bertz CT molecular complexity index is 484. The minimum atomic E-state index is -0.322. The molecule has 0 aliphatic carbocycles. The first-order valence-electron chi connectivity index (χ1n) is 7.21. The van der Waals surface area contributed by atoms with E-state index in [1.807, 2.05) is 25.1 Å². The number of piperazine rings is 1. The number of nitrogens with zero attached hydrogens (tertiary/aromatic N) is 2. The molecule has 3 N–H and O–H groups in total. The van der Waals surface area contributed by atoms with E-state index in [2.05, 4.69) is 4.90 Å². The number of benzene rings is 1. The molecule has 0 saturated carbocycles. The van der Waals surface area contributed by atoms with Crippen LogP contribution in [0.15, 0.2) is 30.3 Å². The number of carbonyl (C=O) groups is 1. The summed E-state index contributed by atoms with van der Waals surface area (Å²) in [6, 6.07) is 9.03. The molecule has 0 radical (unpaired) electrons. The summed E-state index contributed by atoms with van der Waals surface area (Å²) in [6.45, 7) is 4.62. The van der Waals surface area contributed by atoms with Gasteiger partial charge in [0.05, 0.1) is 6.04 Å². The van der Waals surface area contributed by atoms with Crippen LogP contribution in [0.25, 0.3) is 0 Å². The van der Waals surface area contributed by atoms with Gasteiger partial charge in [0.2, 0.25) is 0 Å². The molecule has 6 nitrogen and oxygen atoms in total. The number of carbonyl (C=O) groups excluding carboxylic acids is 1. The molecule has 1 unspecified atom stereocenters. The van der Waals surface area contributed by atoms with Crippen LogP contribution in [-0.2, 0) is 0 Å². The smallest absolute Gasteiger partial charge is 0.410 e. The van der Waals surface area contributed by atoms with E-state index in [1.165, 1.54) is 0 Å². The lowest BCUT2D eigenvalue weighted by molar-refractivity contribution is 0.101. The van der Waals surface area contributed by atoms with Crippen molar-refractivity contribution in [2.75, 3.05) is 26.2 Å². The molecule has 0 aromatic heterocycles. The Morgan fingerprint density at radius 2 is 1.90 bits per heavy atom. The van der Waals surface area contributed by atoms with Gasteiger partial charge in [-0.15, -0.1) is 0 Å². The minimum Gasteiger partial charge on any atom is -0.410 e. The molecule has 1 aromatic rings. The lowest BCUT2D eigenvalue weighted by Crippen LogP contribution is -2.55. The van der Waals surface area contributed by atoms with Crippen molar-refractivity contribution < 1.29 is 9.53 Å². The molecule has 0 bridgehead atoms. The number of amides is 1. The van der Waals surface area contributed by atoms with Crippen LogP contribution in [0, 0.1) is 5.41 Å². The highest BCUT2D eigenvalue weighted by Gasteiger charge is 2.27. The number of hydrogen-bond donors (Lipinski definition) is 2. The van der Waals surface area contributed by atoms with Gasteiger partial charge < -0.3 is 15.4 Å². The molecule has 1 aliphatic heterocycles. The average Bonchev–Trinajstić information content (AvgIpc) is 2.49. The maximum Gasteiger partial charge on any atom is 0.415 e. The van der Waals surface area contributed by atoms with Gasteiger partial charge in [-0.3, -0.25) is 10.3 Å². The van der Waals surface area contributed by atoms with Crippen molar-refractivity contribution in [3.8, 4) is 5.75 Å². The Balaban J connectivity index is 1.86. The van der Waals surface area contributed by atoms with Gasteiger partial charge >= 0.3 is 6.09 Å². The summed E-state index contributed by atoms with van der Waals surface area (Å²) in [4.78, 5) is 15.9. The van der Waals surface area contributed by atoms with Gasteiger partial charge in [0.15, 0.2) is 0 Å². The molecule has 1 fully saturated rings. The number of rotatable bonds is 4. The van der Waals surface area contributed by atoms with E-state index < -0.39 is 0 Å². The third-order valence-corrected chi connectivity index (χ3v) is 3.71. The molecule has 1 aliphatic rings. The predicted molar refractivity (Wildman–Crippen MR) is 81.6 cm³/mol. The zero-order chi connectivity index (χ0) is 15.2. The molecule has 21 heavy (non-hydrogen) atoms. The lowest BCUT2D eigenvalue weighted by atomic mass is 10.1. The molecule has 2 rings (SSSR count). The molecule has 114 valence electrons. The van der Waals surface area contributed by atoms with Crippen LogP contribution in [0.5, 0.6) is 5.75 Å². The second kappa shape index (κ2) is 7.08. The summed E-state index contributed by atoms with van der Waals surface area (Å²) in [7, 11) is 0. The van der Waals surface area contributed by atoms with Crippen molar-refractivity contribution in [3.63, 3.8) is 0 Å². The fourth-order valence-corrected chi connectivity index (χ4v) is 2.54. The monoisotopic (exact) mass is 290 g/mol. The number of amidine groups is 1. The summed E-state index contributed by atoms with van der Waals surface area (Å²) >= 11 is 0. The van der Waals surface area contributed by atoms with Crippen LogP contribution in [0.1, 0.15) is 13.3 Å². The fourth-order valence-electron chi connectivity index (χ4n) is 2.54. The highest BCUT2D eigenvalue weighted by Crippen LogP contribution is 2.13. The number of hydrogen-bond acceptors (Lipinski definition) is 4. The van der Waals surface area contributed by atoms with Crippen molar-refractivity contribution in [2.45, 2.75) is 19.4 Å². The Kier molecular flexibility index (Phi) is 5.16. The first kappa shape index (κ1) is 15.3. The number of nitrogens with two attached hydrogens (primary N) is 1. The maximum absolute atomic E-state index is 12.1. The van der Waals surface area contributed by atoms with Crippen LogP contribution < -0.4 is 10.5 Å². The largest absolute Gasteiger partial charge is 0.415 e. The third kappa shape index (κ3) is 3.95. The van der Waals surface area contributed by atoms with Gasteiger partial charge in [-0.2, -0.15) is 0 Å². The second-order valence-electron chi connectivity index (χ2n) is 5.08. The predicted octanol–water partition coefficient (Wildman–Crippen LogP) is 1.52. The standard InChI is InChI=1S/C15H22N4O2/c1-2-13(14(16)17)18-8-10-19(11-9-18)15(20)21-12-6-4-3-5-7-12/h3-7,13H,2,8-11H2,1H3,(H3,16,17). The highest BCUT2D eigenvalue weighted by molar-refractivity contribution is 5.82. The van der Waals surface area contributed by atoms with Crippen LogP contribution in [0.4, 0.5) is 4.79 Å². The lowest BCUT2D eigenvalue weighted by Gasteiger charge is -2.37. The summed E-state index contributed by atoms with van der Waals surface area (Å²) in [5, 5.41) is 7.60. The van der Waals surface area contributed by atoms with Gasteiger partial charge in [0.1, 0.15) is 11.6 Å². The van der Waals surface area contributed by atoms with Crippen molar-refractivity contribution in [1.82, 2.24) is 9.80 Å². The quantitative estimate of drug-likeness (QED) is 0.650. The van der Waals surface area contributed by atoms with Crippen molar-refractivity contribution in [2.24, 2.45) is 5.73 Å². The second-order valence-corrected chi connectivity index (χ2v) is 5.08. The van der Waals surface area contributed by atoms with Gasteiger partial charge in [-0.1, -0.05) is 25.1 Å². The molecular formula is C15H22N4O2. The molecule has 1 aromatic carbocycles. The molecular weight excluding hydrogens is 268 g/mol. The zero-order valence-corrected chi connectivity index (χ0v) is 12.3. The van der Waals surface area contributed by atoms with Gasteiger partial charge in [-0.25, -0.2) is 4.79 Å². The summed E-state index contributed by atoms with van der Waals surface area (Å²) in [6.07, 6.45) is 0.487. The van der Waals surface area contributed by atoms with Crippen molar-refractivity contribution in [1.29, 1.82) is 5.41 Å². The van der Waals surface area contributed by atoms with Crippen LogP contribution in [0.2, 0.25) is 0 Å². The van der Waals surface area contributed by atoms with E-state index >= 15 is 0 Å². The SMILES string of the molecule is CCC(C(=N)N)N1CCN(C(=O)Oc2ccccc2)CC1. The van der Waals surface area contributed by atoms with Crippen LogP contribution >= 0.6 is 0 Å². The molecule has 1 atom stereocenters. The summed E-state index contributed by atoms with van der Waals surface area (Å²) in [5.74, 6) is 0.748.